The van der Waals surface area contributed by atoms with Crippen LogP contribution in [0, 0.1) is 11.3 Å². The van der Waals surface area contributed by atoms with Crippen molar-refractivity contribution in [3.05, 3.63) is 29.8 Å². The predicted molar refractivity (Wildman–Crippen MR) is 134 cm³/mol. The van der Waals surface area contributed by atoms with Crippen molar-refractivity contribution in [2.24, 2.45) is 11.3 Å². The standard InChI is InChI=1S/C29H48O3/c1-5-7-10-13-24-14-16-25(17-15-24)26-18-20-27(21-19-26)31-22-11-8-9-12-23-32-28(30)29(3,4)6-2/h18-21,24-25H,5-17,22-23H2,1-4H3. The Morgan fingerprint density at radius 3 is 2.16 bits per heavy atom. The monoisotopic (exact) mass is 444 g/mol. The molecule has 0 N–H and O–H groups in total. The molecule has 0 bridgehead atoms. The topological polar surface area (TPSA) is 35.5 Å². The number of ether oxygens (including phenoxy) is 2. The zero-order chi connectivity index (χ0) is 23.2. The maximum Gasteiger partial charge on any atom is 0.311 e. The molecular weight excluding hydrogens is 396 g/mol. The lowest BCUT2D eigenvalue weighted by atomic mass is 9.77. The van der Waals surface area contributed by atoms with Gasteiger partial charge in [0.15, 0.2) is 0 Å². The maximum absolute atomic E-state index is 11.9. The highest BCUT2D eigenvalue weighted by Gasteiger charge is 2.26. The van der Waals surface area contributed by atoms with Gasteiger partial charge in [-0.3, -0.25) is 4.79 Å². The van der Waals surface area contributed by atoms with Gasteiger partial charge >= 0.3 is 5.97 Å². The molecule has 1 fully saturated rings. The molecule has 0 aromatic heterocycles. The van der Waals surface area contributed by atoms with Gasteiger partial charge in [0.1, 0.15) is 5.75 Å². The van der Waals surface area contributed by atoms with Crippen LogP contribution >= 0.6 is 0 Å². The molecule has 1 aromatic carbocycles. The fraction of sp³-hybridized carbons (Fsp3) is 0.759. The van der Waals surface area contributed by atoms with E-state index >= 15 is 0 Å². The number of unbranched alkanes of at least 4 members (excludes halogenated alkanes) is 5. The number of carbonyl (C=O) groups excluding carboxylic acids is 1. The van der Waals surface area contributed by atoms with Crippen LogP contribution < -0.4 is 4.74 Å². The molecule has 1 saturated carbocycles. The highest BCUT2D eigenvalue weighted by Crippen LogP contribution is 2.38. The lowest BCUT2D eigenvalue weighted by Gasteiger charge is -2.29. The first kappa shape index (κ1) is 26.7. The van der Waals surface area contributed by atoms with Crippen LogP contribution in [-0.4, -0.2) is 19.2 Å². The summed E-state index contributed by atoms with van der Waals surface area (Å²) in [6.07, 6.45) is 16.1. The van der Waals surface area contributed by atoms with Crippen LogP contribution in [0.5, 0.6) is 5.75 Å². The van der Waals surface area contributed by atoms with Gasteiger partial charge in [0.25, 0.3) is 0 Å². The number of rotatable bonds is 15. The number of hydrogen-bond donors (Lipinski definition) is 0. The van der Waals surface area contributed by atoms with E-state index in [1.165, 1.54) is 56.9 Å². The summed E-state index contributed by atoms with van der Waals surface area (Å²) in [4.78, 5) is 11.9. The van der Waals surface area contributed by atoms with Crippen molar-refractivity contribution in [1.29, 1.82) is 0 Å². The Balaban J connectivity index is 1.54. The van der Waals surface area contributed by atoms with Crippen molar-refractivity contribution in [2.45, 2.75) is 117 Å². The zero-order valence-electron chi connectivity index (χ0n) is 21.3. The molecule has 1 aliphatic rings. The quantitative estimate of drug-likeness (QED) is 0.201. The maximum atomic E-state index is 11.9. The van der Waals surface area contributed by atoms with Gasteiger partial charge in [-0.2, -0.15) is 0 Å². The van der Waals surface area contributed by atoms with Crippen LogP contribution in [0.3, 0.4) is 0 Å². The van der Waals surface area contributed by atoms with Crippen molar-refractivity contribution in [2.75, 3.05) is 13.2 Å². The second-order valence-electron chi connectivity index (χ2n) is 10.4. The first-order valence-corrected chi connectivity index (χ1v) is 13.4. The third kappa shape index (κ3) is 9.55. The summed E-state index contributed by atoms with van der Waals surface area (Å²) in [5, 5.41) is 0. The van der Waals surface area contributed by atoms with Crippen LogP contribution in [0.1, 0.15) is 123 Å². The van der Waals surface area contributed by atoms with Gasteiger partial charge in [-0.15, -0.1) is 0 Å². The van der Waals surface area contributed by atoms with Gasteiger partial charge < -0.3 is 9.47 Å². The Labute approximate surface area is 197 Å². The van der Waals surface area contributed by atoms with Crippen molar-refractivity contribution in [1.82, 2.24) is 0 Å². The average molecular weight is 445 g/mol. The fourth-order valence-corrected chi connectivity index (χ4v) is 4.56. The average Bonchev–Trinajstić information content (AvgIpc) is 2.81. The number of hydrogen-bond acceptors (Lipinski definition) is 3. The molecule has 0 atom stereocenters. The minimum absolute atomic E-state index is 0.0770. The molecule has 3 heteroatoms. The Morgan fingerprint density at radius 2 is 1.53 bits per heavy atom. The lowest BCUT2D eigenvalue weighted by Crippen LogP contribution is -2.26. The Morgan fingerprint density at radius 1 is 0.875 bits per heavy atom. The second-order valence-corrected chi connectivity index (χ2v) is 10.4. The smallest absolute Gasteiger partial charge is 0.311 e. The first-order chi connectivity index (χ1) is 15.5. The second kappa shape index (κ2) is 14.6. The van der Waals surface area contributed by atoms with E-state index in [4.69, 9.17) is 9.47 Å². The van der Waals surface area contributed by atoms with E-state index in [2.05, 4.69) is 31.2 Å². The van der Waals surface area contributed by atoms with Gasteiger partial charge in [0.2, 0.25) is 0 Å². The summed E-state index contributed by atoms with van der Waals surface area (Å²) in [6, 6.07) is 8.86. The summed E-state index contributed by atoms with van der Waals surface area (Å²) < 4.78 is 11.3. The molecule has 32 heavy (non-hydrogen) atoms. The summed E-state index contributed by atoms with van der Waals surface area (Å²) >= 11 is 0. The van der Waals surface area contributed by atoms with E-state index in [0.717, 1.165) is 56.3 Å². The van der Waals surface area contributed by atoms with Gasteiger partial charge in [0, 0.05) is 0 Å². The molecule has 3 nitrogen and oxygen atoms in total. The summed E-state index contributed by atoms with van der Waals surface area (Å²) in [7, 11) is 0. The van der Waals surface area contributed by atoms with E-state index in [9.17, 15) is 4.79 Å². The molecule has 0 radical (unpaired) electrons. The van der Waals surface area contributed by atoms with Crippen LogP contribution in [-0.2, 0) is 9.53 Å². The van der Waals surface area contributed by atoms with E-state index in [1.807, 2.05) is 20.8 Å². The first-order valence-electron chi connectivity index (χ1n) is 13.4. The van der Waals surface area contributed by atoms with E-state index < -0.39 is 0 Å². The minimum atomic E-state index is -0.364. The van der Waals surface area contributed by atoms with Crippen molar-refractivity contribution in [3.63, 3.8) is 0 Å². The lowest BCUT2D eigenvalue weighted by molar-refractivity contribution is -0.154. The highest BCUT2D eigenvalue weighted by atomic mass is 16.5. The molecule has 2 rings (SSSR count). The van der Waals surface area contributed by atoms with Gasteiger partial charge in [-0.1, -0.05) is 51.7 Å². The van der Waals surface area contributed by atoms with Crippen LogP contribution in [0.4, 0.5) is 0 Å². The molecule has 0 unspecified atom stereocenters. The zero-order valence-corrected chi connectivity index (χ0v) is 21.3. The molecule has 0 amide bonds. The normalized spacial score (nSPS) is 19.0. The van der Waals surface area contributed by atoms with E-state index in [1.54, 1.807) is 0 Å². The number of esters is 1. The predicted octanol–water partition coefficient (Wildman–Crippen LogP) is 8.46. The van der Waals surface area contributed by atoms with Gasteiger partial charge in [0.05, 0.1) is 18.6 Å². The Bertz CT molecular complexity index is 626. The van der Waals surface area contributed by atoms with E-state index in [-0.39, 0.29) is 11.4 Å². The number of carbonyl (C=O) groups is 1. The van der Waals surface area contributed by atoms with Crippen molar-refractivity contribution < 1.29 is 14.3 Å². The largest absolute Gasteiger partial charge is 0.494 e. The molecule has 0 saturated heterocycles. The minimum Gasteiger partial charge on any atom is -0.494 e. The van der Waals surface area contributed by atoms with Crippen LogP contribution in [0.15, 0.2) is 24.3 Å². The van der Waals surface area contributed by atoms with Gasteiger partial charge in [-0.05, 0) is 101 Å². The van der Waals surface area contributed by atoms with Crippen LogP contribution in [0.25, 0.3) is 0 Å². The van der Waals surface area contributed by atoms with Crippen molar-refractivity contribution >= 4 is 5.97 Å². The highest BCUT2D eigenvalue weighted by molar-refractivity contribution is 5.75. The Kier molecular flexibility index (Phi) is 12.2. The fourth-order valence-electron chi connectivity index (χ4n) is 4.56. The van der Waals surface area contributed by atoms with Gasteiger partial charge in [-0.25, -0.2) is 0 Å². The molecule has 0 aliphatic heterocycles. The third-order valence-electron chi connectivity index (χ3n) is 7.39. The summed E-state index contributed by atoms with van der Waals surface area (Å²) in [6.45, 7) is 9.49. The molecule has 182 valence electrons. The SMILES string of the molecule is CCCCCC1CCC(c2ccc(OCCCCCCOC(=O)C(C)(C)CC)cc2)CC1. The molecule has 1 aliphatic carbocycles. The molecule has 1 aromatic rings. The summed E-state index contributed by atoms with van der Waals surface area (Å²) in [5.41, 5.74) is 1.13. The molecular formula is C29H48O3. The molecule has 0 spiro atoms. The van der Waals surface area contributed by atoms with Crippen LogP contribution in [0.2, 0.25) is 0 Å². The van der Waals surface area contributed by atoms with E-state index in [0.29, 0.717) is 6.61 Å². The third-order valence-corrected chi connectivity index (χ3v) is 7.39. The Hall–Kier alpha value is -1.51. The molecule has 0 heterocycles. The van der Waals surface area contributed by atoms with Crippen molar-refractivity contribution in [3.8, 4) is 5.75 Å². The number of benzene rings is 1. The summed E-state index contributed by atoms with van der Waals surface area (Å²) in [5.74, 6) is 2.61.